The van der Waals surface area contributed by atoms with Crippen LogP contribution in [0.3, 0.4) is 0 Å². The van der Waals surface area contributed by atoms with E-state index in [0.29, 0.717) is 17.0 Å². The van der Waals surface area contributed by atoms with Gasteiger partial charge < -0.3 is 16.2 Å². The molecule has 1 aliphatic carbocycles. The van der Waals surface area contributed by atoms with Gasteiger partial charge in [0, 0.05) is 23.0 Å². The number of hydrogen-bond donors (Lipinski definition) is 3. The molecule has 0 unspecified atom stereocenters. The minimum atomic E-state index is -5.08. The second-order valence-electron chi connectivity index (χ2n) is 8.37. The van der Waals surface area contributed by atoms with Crippen molar-refractivity contribution in [3.63, 3.8) is 0 Å². The molecule has 0 saturated heterocycles. The van der Waals surface area contributed by atoms with Crippen LogP contribution in [-0.4, -0.2) is 29.2 Å². The minimum Gasteiger partial charge on any atom is -0.475 e. The molecular formula is C22H27F3N2O3S. The molecule has 2 aromatic rings. The topological polar surface area (TPSA) is 92.4 Å². The average Bonchev–Trinajstić information content (AvgIpc) is 3.16. The van der Waals surface area contributed by atoms with Crippen molar-refractivity contribution in [1.82, 2.24) is 5.32 Å². The van der Waals surface area contributed by atoms with Gasteiger partial charge in [0.15, 0.2) is 0 Å². The number of aliphatic carboxylic acids is 1. The van der Waals surface area contributed by atoms with Gasteiger partial charge in [-0.3, -0.25) is 4.79 Å². The van der Waals surface area contributed by atoms with Crippen LogP contribution in [0.15, 0.2) is 35.7 Å². The molecule has 0 aliphatic heterocycles. The molecule has 5 nitrogen and oxygen atoms in total. The molecule has 0 atom stereocenters. The number of thiophene rings is 1. The Bertz CT molecular complexity index is 882. The second-order valence-corrected chi connectivity index (χ2v) is 9.36. The molecule has 0 spiro atoms. The molecule has 0 radical (unpaired) electrons. The van der Waals surface area contributed by atoms with Gasteiger partial charge in [0.1, 0.15) is 0 Å². The molecule has 1 aromatic carbocycles. The zero-order valence-electron chi connectivity index (χ0n) is 17.5. The largest absolute Gasteiger partial charge is 0.490 e. The predicted molar refractivity (Wildman–Crippen MR) is 115 cm³/mol. The summed E-state index contributed by atoms with van der Waals surface area (Å²) in [6.45, 7) is 5.69. The number of hydrogen-bond acceptors (Lipinski definition) is 4. The van der Waals surface area contributed by atoms with E-state index in [9.17, 15) is 18.0 Å². The Morgan fingerprint density at radius 1 is 1.16 bits per heavy atom. The van der Waals surface area contributed by atoms with Crippen molar-refractivity contribution in [3.8, 4) is 11.1 Å². The van der Waals surface area contributed by atoms with Crippen molar-refractivity contribution in [2.24, 2.45) is 11.1 Å². The molecule has 0 bridgehead atoms. The van der Waals surface area contributed by atoms with Crippen LogP contribution in [0.4, 0.5) is 13.2 Å². The van der Waals surface area contributed by atoms with Gasteiger partial charge in [0.05, 0.1) is 0 Å². The Hall–Kier alpha value is -2.39. The maximum atomic E-state index is 11.1. The summed E-state index contributed by atoms with van der Waals surface area (Å²) in [7, 11) is 0. The van der Waals surface area contributed by atoms with Gasteiger partial charge in [-0.05, 0) is 65.8 Å². The van der Waals surface area contributed by atoms with Gasteiger partial charge in [-0.2, -0.15) is 13.2 Å². The van der Waals surface area contributed by atoms with Crippen LogP contribution in [0.5, 0.6) is 0 Å². The fourth-order valence-electron chi connectivity index (χ4n) is 3.30. The number of primary amides is 1. The molecule has 1 amide bonds. The Labute approximate surface area is 183 Å². The monoisotopic (exact) mass is 456 g/mol. The average molecular weight is 457 g/mol. The van der Waals surface area contributed by atoms with Gasteiger partial charge >= 0.3 is 12.1 Å². The van der Waals surface area contributed by atoms with E-state index in [1.165, 1.54) is 36.1 Å². The Kier molecular flexibility index (Phi) is 8.25. The molecule has 1 aromatic heterocycles. The van der Waals surface area contributed by atoms with Crippen molar-refractivity contribution < 1.29 is 27.9 Å². The van der Waals surface area contributed by atoms with Crippen LogP contribution in [-0.2, 0) is 11.3 Å². The van der Waals surface area contributed by atoms with Crippen molar-refractivity contribution in [3.05, 3.63) is 46.2 Å². The molecule has 170 valence electrons. The van der Waals surface area contributed by atoms with Crippen LogP contribution in [0, 0.1) is 5.41 Å². The first kappa shape index (κ1) is 24.9. The smallest absolute Gasteiger partial charge is 0.475 e. The van der Waals surface area contributed by atoms with Gasteiger partial charge in [-0.25, -0.2) is 4.79 Å². The molecule has 9 heteroatoms. The van der Waals surface area contributed by atoms with E-state index in [2.05, 4.69) is 30.6 Å². The van der Waals surface area contributed by atoms with Gasteiger partial charge in [-0.15, -0.1) is 11.3 Å². The molecule has 31 heavy (non-hydrogen) atoms. The van der Waals surface area contributed by atoms with E-state index in [1.54, 1.807) is 23.5 Å². The number of nitrogens with two attached hydrogens (primary N) is 1. The number of halogens is 3. The molecule has 3 rings (SSSR count). The van der Waals surface area contributed by atoms with Crippen molar-refractivity contribution in [1.29, 1.82) is 0 Å². The number of benzene rings is 1. The SMILES string of the molecule is CC1(C)CCC(NCc2cc(-c3ccc(C(N)=O)cc3)cs2)CC1.O=C(O)C(F)(F)F. The van der Waals surface area contributed by atoms with Gasteiger partial charge in [0.2, 0.25) is 5.91 Å². The van der Waals surface area contributed by atoms with E-state index >= 15 is 0 Å². The van der Waals surface area contributed by atoms with E-state index < -0.39 is 12.1 Å². The highest BCUT2D eigenvalue weighted by molar-refractivity contribution is 7.10. The van der Waals surface area contributed by atoms with Gasteiger partial charge in [-0.1, -0.05) is 26.0 Å². The number of alkyl halides is 3. The number of carbonyl (C=O) groups is 2. The number of carboxylic acids is 1. The standard InChI is InChI=1S/C20H26N2OS.C2HF3O2/c1-20(2)9-7-17(8-10-20)22-12-18-11-16(13-24-18)14-3-5-15(6-4-14)19(21)23;3-2(4,5)1(6)7/h3-6,11,13,17,22H,7-10,12H2,1-2H3,(H2,21,23);(H,6,7). The third-order valence-electron chi connectivity index (χ3n) is 5.30. The number of carbonyl (C=O) groups excluding carboxylic acids is 1. The minimum absolute atomic E-state index is 0.382. The van der Waals surface area contributed by atoms with E-state index in [-0.39, 0.29) is 5.91 Å². The third kappa shape index (κ3) is 7.99. The summed E-state index contributed by atoms with van der Waals surface area (Å²) >= 11 is 1.79. The predicted octanol–water partition coefficient (Wildman–Crippen LogP) is 5.21. The molecular weight excluding hydrogens is 429 g/mol. The number of carboxylic acid groups (broad SMARTS) is 1. The third-order valence-corrected chi connectivity index (χ3v) is 6.24. The first-order valence-electron chi connectivity index (χ1n) is 9.88. The maximum Gasteiger partial charge on any atom is 0.490 e. The number of nitrogens with one attached hydrogen (secondary N) is 1. The van der Waals surface area contributed by atoms with Crippen LogP contribution < -0.4 is 11.1 Å². The van der Waals surface area contributed by atoms with Crippen molar-refractivity contribution >= 4 is 23.2 Å². The molecule has 1 aliphatic rings. The fourth-order valence-corrected chi connectivity index (χ4v) is 4.14. The maximum absolute atomic E-state index is 11.1. The quantitative estimate of drug-likeness (QED) is 0.576. The summed E-state index contributed by atoms with van der Waals surface area (Å²) < 4.78 is 31.7. The highest BCUT2D eigenvalue weighted by atomic mass is 32.1. The molecule has 4 N–H and O–H groups in total. The summed E-state index contributed by atoms with van der Waals surface area (Å²) in [5.74, 6) is -3.14. The summed E-state index contributed by atoms with van der Waals surface area (Å²) in [5, 5.41) is 13.0. The molecule has 1 saturated carbocycles. The van der Waals surface area contributed by atoms with Crippen LogP contribution in [0.1, 0.15) is 54.8 Å². The lowest BCUT2D eigenvalue weighted by Gasteiger charge is -2.34. The van der Waals surface area contributed by atoms with Gasteiger partial charge in [0.25, 0.3) is 0 Å². The first-order valence-corrected chi connectivity index (χ1v) is 10.8. The van der Waals surface area contributed by atoms with Crippen LogP contribution in [0.25, 0.3) is 11.1 Å². The zero-order chi connectivity index (χ0) is 23.2. The van der Waals surface area contributed by atoms with Crippen LogP contribution in [0.2, 0.25) is 0 Å². The second kappa shape index (κ2) is 10.3. The fraction of sp³-hybridized carbons (Fsp3) is 0.455. The number of rotatable bonds is 5. The Balaban J connectivity index is 0.000000423. The van der Waals surface area contributed by atoms with E-state index in [4.69, 9.17) is 15.6 Å². The molecule has 1 heterocycles. The lowest BCUT2D eigenvalue weighted by atomic mass is 9.75. The highest BCUT2D eigenvalue weighted by Gasteiger charge is 2.38. The summed E-state index contributed by atoms with van der Waals surface area (Å²) in [6.07, 6.45) is 0.0960. The Morgan fingerprint density at radius 3 is 2.19 bits per heavy atom. The Morgan fingerprint density at radius 2 is 1.71 bits per heavy atom. The summed E-state index contributed by atoms with van der Waals surface area (Å²) in [4.78, 5) is 21.4. The highest BCUT2D eigenvalue weighted by Crippen LogP contribution is 2.35. The lowest BCUT2D eigenvalue weighted by molar-refractivity contribution is -0.192. The zero-order valence-corrected chi connectivity index (χ0v) is 18.3. The summed E-state index contributed by atoms with van der Waals surface area (Å²) in [5.41, 5.74) is 8.69. The number of amides is 1. The normalized spacial score (nSPS) is 16.3. The first-order chi connectivity index (χ1) is 14.4. The lowest BCUT2D eigenvalue weighted by Crippen LogP contribution is -2.34. The van der Waals surface area contributed by atoms with Crippen LogP contribution >= 0.6 is 11.3 Å². The van der Waals surface area contributed by atoms with Crippen molar-refractivity contribution in [2.45, 2.75) is 58.3 Å². The van der Waals surface area contributed by atoms with E-state index in [1.807, 2.05) is 12.1 Å². The summed E-state index contributed by atoms with van der Waals surface area (Å²) in [6, 6.07) is 10.4. The molecule has 1 fully saturated rings. The van der Waals surface area contributed by atoms with E-state index in [0.717, 1.165) is 12.1 Å². The van der Waals surface area contributed by atoms with Crippen molar-refractivity contribution in [2.75, 3.05) is 0 Å².